The summed E-state index contributed by atoms with van der Waals surface area (Å²) in [5.41, 5.74) is 6.65. The van der Waals surface area contributed by atoms with Gasteiger partial charge in [0.05, 0.1) is 12.6 Å². The summed E-state index contributed by atoms with van der Waals surface area (Å²) in [6.45, 7) is -0.0632. The number of nitrogens with two attached hydrogens (primary N) is 1. The molecule has 4 N–H and O–H groups in total. The predicted molar refractivity (Wildman–Crippen MR) is 49.7 cm³/mol. The van der Waals surface area contributed by atoms with Crippen LogP contribution in [0.25, 0.3) is 0 Å². The Morgan fingerprint density at radius 2 is 2.31 bits per heavy atom. The Kier molecular flexibility index (Phi) is 3.22. The Labute approximate surface area is 76.4 Å². The van der Waals surface area contributed by atoms with E-state index >= 15 is 0 Å². The molecule has 3 nitrogen and oxygen atoms in total. The lowest BCUT2D eigenvalue weighted by atomic mass is 10.1. The van der Waals surface area contributed by atoms with E-state index in [0.29, 0.717) is 11.3 Å². The van der Waals surface area contributed by atoms with Gasteiger partial charge >= 0.3 is 0 Å². The van der Waals surface area contributed by atoms with Crippen LogP contribution in [-0.4, -0.2) is 18.8 Å². The fourth-order valence-electron chi connectivity index (χ4n) is 1.21. The van der Waals surface area contributed by atoms with Crippen LogP contribution < -0.4 is 11.1 Å². The van der Waals surface area contributed by atoms with Gasteiger partial charge in [-0.05, 0) is 24.7 Å². The molecule has 0 saturated carbocycles. The van der Waals surface area contributed by atoms with Crippen molar-refractivity contribution in [1.29, 1.82) is 0 Å². The first-order valence-corrected chi connectivity index (χ1v) is 4.02. The lowest BCUT2D eigenvalue weighted by molar-refractivity contribution is 0.251. The van der Waals surface area contributed by atoms with Crippen molar-refractivity contribution in [3.63, 3.8) is 0 Å². The Hall–Kier alpha value is -1.13. The molecule has 4 heteroatoms. The van der Waals surface area contributed by atoms with Crippen molar-refractivity contribution in [2.75, 3.05) is 19.4 Å². The van der Waals surface area contributed by atoms with Crippen LogP contribution in [0.4, 0.5) is 10.1 Å². The van der Waals surface area contributed by atoms with Crippen LogP contribution in [0.2, 0.25) is 0 Å². The number of nitrogens with one attached hydrogen (secondary N) is 1. The molecule has 0 radical (unpaired) electrons. The maximum absolute atomic E-state index is 12.7. The first kappa shape index (κ1) is 9.95. The van der Waals surface area contributed by atoms with E-state index < -0.39 is 0 Å². The average Bonchev–Trinajstić information content (AvgIpc) is 2.10. The Bertz CT molecular complexity index is 287. The summed E-state index contributed by atoms with van der Waals surface area (Å²) in [7, 11) is 1.71. The standard InChI is InChI=1S/C9H13FN2O/c1-12-9(5-13)7-3-2-6(10)4-8(7)11/h2-4,9,12-13H,5,11H2,1H3. The number of aliphatic hydroxyl groups excluding tert-OH is 1. The zero-order chi connectivity index (χ0) is 9.84. The van der Waals surface area contributed by atoms with E-state index in [2.05, 4.69) is 5.32 Å². The number of anilines is 1. The summed E-state index contributed by atoms with van der Waals surface area (Å²) in [5, 5.41) is 11.8. The molecule has 0 spiro atoms. The van der Waals surface area contributed by atoms with Crippen molar-refractivity contribution >= 4 is 5.69 Å². The van der Waals surface area contributed by atoms with Crippen molar-refractivity contribution in [2.24, 2.45) is 0 Å². The van der Waals surface area contributed by atoms with Gasteiger partial charge in [-0.2, -0.15) is 0 Å². The highest BCUT2D eigenvalue weighted by atomic mass is 19.1. The molecule has 1 atom stereocenters. The van der Waals surface area contributed by atoms with E-state index in [-0.39, 0.29) is 18.5 Å². The van der Waals surface area contributed by atoms with Crippen LogP contribution in [0.3, 0.4) is 0 Å². The van der Waals surface area contributed by atoms with Crippen molar-refractivity contribution in [1.82, 2.24) is 5.32 Å². The Morgan fingerprint density at radius 3 is 2.77 bits per heavy atom. The Morgan fingerprint density at radius 1 is 1.62 bits per heavy atom. The third-order valence-corrected chi connectivity index (χ3v) is 1.96. The molecule has 0 fully saturated rings. The molecule has 1 rings (SSSR count). The van der Waals surface area contributed by atoms with Crippen LogP contribution in [0.1, 0.15) is 11.6 Å². The molecule has 13 heavy (non-hydrogen) atoms. The van der Waals surface area contributed by atoms with Gasteiger partial charge in [0.25, 0.3) is 0 Å². The number of hydrogen-bond acceptors (Lipinski definition) is 3. The largest absolute Gasteiger partial charge is 0.398 e. The monoisotopic (exact) mass is 184 g/mol. The van der Waals surface area contributed by atoms with E-state index in [9.17, 15) is 4.39 Å². The van der Waals surface area contributed by atoms with Gasteiger partial charge in [-0.25, -0.2) is 4.39 Å². The second-order valence-corrected chi connectivity index (χ2v) is 2.80. The van der Waals surface area contributed by atoms with Crippen LogP contribution in [0.5, 0.6) is 0 Å². The normalized spacial score (nSPS) is 12.8. The predicted octanol–water partition coefficient (Wildman–Crippen LogP) is 0.661. The highest BCUT2D eigenvalue weighted by Crippen LogP contribution is 2.20. The molecule has 0 aromatic heterocycles. The van der Waals surface area contributed by atoms with Crippen LogP contribution in [0.15, 0.2) is 18.2 Å². The van der Waals surface area contributed by atoms with Crippen LogP contribution >= 0.6 is 0 Å². The lowest BCUT2D eigenvalue weighted by Crippen LogP contribution is -2.21. The quantitative estimate of drug-likeness (QED) is 0.605. The van der Waals surface area contributed by atoms with E-state index in [1.807, 2.05) is 0 Å². The van der Waals surface area contributed by atoms with Gasteiger partial charge < -0.3 is 16.2 Å². The number of hydrogen-bond donors (Lipinski definition) is 3. The highest BCUT2D eigenvalue weighted by molar-refractivity contribution is 5.48. The molecule has 0 aliphatic carbocycles. The summed E-state index contributed by atoms with van der Waals surface area (Å²) in [6.07, 6.45) is 0. The van der Waals surface area contributed by atoms with Crippen molar-refractivity contribution in [3.05, 3.63) is 29.6 Å². The molecule has 1 unspecified atom stereocenters. The molecular weight excluding hydrogens is 171 g/mol. The molecule has 0 aliphatic heterocycles. The summed E-state index contributed by atoms with van der Waals surface area (Å²) in [4.78, 5) is 0. The topological polar surface area (TPSA) is 58.3 Å². The lowest BCUT2D eigenvalue weighted by Gasteiger charge is -2.15. The average molecular weight is 184 g/mol. The smallest absolute Gasteiger partial charge is 0.125 e. The first-order valence-electron chi connectivity index (χ1n) is 4.02. The van der Waals surface area contributed by atoms with Gasteiger partial charge in [-0.15, -0.1) is 0 Å². The van der Waals surface area contributed by atoms with Gasteiger partial charge in [-0.3, -0.25) is 0 Å². The summed E-state index contributed by atoms with van der Waals surface area (Å²) < 4.78 is 12.7. The van der Waals surface area contributed by atoms with Gasteiger partial charge in [0.2, 0.25) is 0 Å². The van der Waals surface area contributed by atoms with E-state index in [4.69, 9.17) is 10.8 Å². The van der Waals surface area contributed by atoms with Gasteiger partial charge in [-0.1, -0.05) is 6.07 Å². The molecule has 0 heterocycles. The van der Waals surface area contributed by atoms with Gasteiger partial charge in [0.1, 0.15) is 5.82 Å². The number of likely N-dealkylation sites (N-methyl/N-ethyl adjacent to an activating group) is 1. The second-order valence-electron chi connectivity index (χ2n) is 2.80. The summed E-state index contributed by atoms with van der Waals surface area (Å²) in [5.74, 6) is -0.367. The summed E-state index contributed by atoms with van der Waals surface area (Å²) in [6, 6.07) is 3.91. The molecule has 0 bridgehead atoms. The minimum absolute atomic E-state index is 0.0632. The molecule has 1 aromatic carbocycles. The van der Waals surface area contributed by atoms with E-state index in [1.54, 1.807) is 13.1 Å². The van der Waals surface area contributed by atoms with Gasteiger partial charge in [0, 0.05) is 5.69 Å². The highest BCUT2D eigenvalue weighted by Gasteiger charge is 2.10. The summed E-state index contributed by atoms with van der Waals surface area (Å²) >= 11 is 0. The third kappa shape index (κ3) is 2.17. The number of aliphatic hydroxyl groups is 1. The first-order chi connectivity index (χ1) is 6.19. The van der Waals surface area contributed by atoms with Crippen LogP contribution in [-0.2, 0) is 0 Å². The van der Waals surface area contributed by atoms with Crippen molar-refractivity contribution < 1.29 is 9.50 Å². The third-order valence-electron chi connectivity index (χ3n) is 1.96. The molecule has 1 aromatic rings. The van der Waals surface area contributed by atoms with Crippen LogP contribution in [0, 0.1) is 5.82 Å². The molecule has 0 aliphatic rings. The van der Waals surface area contributed by atoms with Crippen molar-refractivity contribution in [2.45, 2.75) is 6.04 Å². The number of benzene rings is 1. The minimum atomic E-state index is -0.367. The zero-order valence-corrected chi connectivity index (χ0v) is 7.42. The molecule has 72 valence electrons. The molecule has 0 saturated heterocycles. The second kappa shape index (κ2) is 4.20. The maximum Gasteiger partial charge on any atom is 0.125 e. The van der Waals surface area contributed by atoms with E-state index in [1.165, 1.54) is 12.1 Å². The molecular formula is C9H13FN2O. The fraction of sp³-hybridized carbons (Fsp3) is 0.333. The fourth-order valence-corrected chi connectivity index (χ4v) is 1.21. The zero-order valence-electron chi connectivity index (χ0n) is 7.42. The van der Waals surface area contributed by atoms with Crippen molar-refractivity contribution in [3.8, 4) is 0 Å². The maximum atomic E-state index is 12.7. The minimum Gasteiger partial charge on any atom is -0.398 e. The van der Waals surface area contributed by atoms with Gasteiger partial charge in [0.15, 0.2) is 0 Å². The number of halogens is 1. The SMILES string of the molecule is CNC(CO)c1ccc(F)cc1N. The van der Waals surface area contributed by atoms with E-state index in [0.717, 1.165) is 0 Å². The molecule has 0 amide bonds. The Balaban J connectivity index is 2.99. The number of nitrogen functional groups attached to an aromatic ring is 1. The number of rotatable bonds is 3.